The quantitative estimate of drug-likeness (QED) is 0.740. The standard InChI is InChI=1S/C14H13FN2O2/c15-10-6-7-12(18)11(8-10)17-14(19)13(16)9-4-2-1-3-5-9/h1-8,13,18H,16H2,(H,17,19). The van der Waals surface area contributed by atoms with E-state index in [1.165, 1.54) is 6.07 Å². The van der Waals surface area contributed by atoms with E-state index in [1.54, 1.807) is 24.3 Å². The second kappa shape index (κ2) is 5.49. The number of phenols is 1. The van der Waals surface area contributed by atoms with Gasteiger partial charge in [-0.2, -0.15) is 0 Å². The number of nitrogens with one attached hydrogen (secondary N) is 1. The van der Waals surface area contributed by atoms with Crippen molar-refractivity contribution in [3.63, 3.8) is 0 Å². The first-order valence-electron chi connectivity index (χ1n) is 5.68. The van der Waals surface area contributed by atoms with Crippen molar-refractivity contribution < 1.29 is 14.3 Å². The molecule has 0 bridgehead atoms. The molecule has 0 fully saturated rings. The van der Waals surface area contributed by atoms with Gasteiger partial charge in [-0.15, -0.1) is 0 Å². The average molecular weight is 260 g/mol. The topological polar surface area (TPSA) is 75.4 Å². The summed E-state index contributed by atoms with van der Waals surface area (Å²) in [5.41, 5.74) is 6.42. The van der Waals surface area contributed by atoms with E-state index < -0.39 is 17.8 Å². The van der Waals surface area contributed by atoms with Gasteiger partial charge >= 0.3 is 0 Å². The minimum absolute atomic E-state index is 0.00335. The summed E-state index contributed by atoms with van der Waals surface area (Å²) in [6.07, 6.45) is 0. The summed E-state index contributed by atoms with van der Waals surface area (Å²) in [5.74, 6) is -1.29. The van der Waals surface area contributed by atoms with Gasteiger partial charge in [-0.25, -0.2) is 4.39 Å². The highest BCUT2D eigenvalue weighted by Crippen LogP contribution is 2.24. The zero-order valence-electron chi connectivity index (χ0n) is 10.0. The molecule has 0 saturated heterocycles. The van der Waals surface area contributed by atoms with Crippen molar-refractivity contribution in [1.82, 2.24) is 0 Å². The molecule has 4 nitrogen and oxygen atoms in total. The molecule has 0 aliphatic rings. The number of rotatable bonds is 3. The predicted octanol–water partition coefficient (Wildman–Crippen LogP) is 2.17. The third-order valence-corrected chi connectivity index (χ3v) is 2.66. The molecule has 1 atom stereocenters. The molecular formula is C14H13FN2O2. The van der Waals surface area contributed by atoms with Gasteiger partial charge < -0.3 is 16.2 Å². The van der Waals surface area contributed by atoms with Gasteiger partial charge in [0, 0.05) is 6.07 Å². The molecule has 1 amide bonds. The van der Waals surface area contributed by atoms with Crippen molar-refractivity contribution in [2.24, 2.45) is 5.73 Å². The van der Waals surface area contributed by atoms with Gasteiger partial charge in [0.25, 0.3) is 0 Å². The Morgan fingerprint density at radius 3 is 2.58 bits per heavy atom. The molecule has 98 valence electrons. The normalized spacial score (nSPS) is 11.9. The molecule has 2 aromatic rings. The Morgan fingerprint density at radius 2 is 1.89 bits per heavy atom. The van der Waals surface area contributed by atoms with Gasteiger partial charge in [0.1, 0.15) is 17.6 Å². The van der Waals surface area contributed by atoms with Crippen molar-refractivity contribution in [1.29, 1.82) is 0 Å². The van der Waals surface area contributed by atoms with Crippen LogP contribution in [0.5, 0.6) is 5.75 Å². The summed E-state index contributed by atoms with van der Waals surface area (Å²) < 4.78 is 13.0. The van der Waals surface area contributed by atoms with Crippen LogP contribution in [0.2, 0.25) is 0 Å². The van der Waals surface area contributed by atoms with Crippen molar-refractivity contribution in [3.05, 3.63) is 59.9 Å². The van der Waals surface area contributed by atoms with E-state index in [0.717, 1.165) is 12.1 Å². The molecule has 2 aromatic carbocycles. The second-order valence-electron chi connectivity index (χ2n) is 4.04. The summed E-state index contributed by atoms with van der Waals surface area (Å²) in [6.45, 7) is 0. The lowest BCUT2D eigenvalue weighted by atomic mass is 10.1. The first-order chi connectivity index (χ1) is 9.08. The van der Waals surface area contributed by atoms with Crippen LogP contribution in [0.3, 0.4) is 0 Å². The molecule has 0 aliphatic heterocycles. The monoisotopic (exact) mass is 260 g/mol. The van der Waals surface area contributed by atoms with E-state index in [1.807, 2.05) is 6.07 Å². The minimum atomic E-state index is -0.885. The van der Waals surface area contributed by atoms with Gasteiger partial charge in [0.2, 0.25) is 5.91 Å². The van der Waals surface area contributed by atoms with Crippen LogP contribution in [-0.2, 0) is 4.79 Å². The van der Waals surface area contributed by atoms with Crippen molar-refractivity contribution in [3.8, 4) is 5.75 Å². The first kappa shape index (κ1) is 13.0. The van der Waals surface area contributed by atoms with E-state index in [-0.39, 0.29) is 11.4 Å². The SMILES string of the molecule is NC(C(=O)Nc1cc(F)ccc1O)c1ccccc1. The number of anilines is 1. The fraction of sp³-hybridized carbons (Fsp3) is 0.0714. The Morgan fingerprint density at radius 1 is 1.21 bits per heavy atom. The molecule has 0 aliphatic carbocycles. The number of hydrogen-bond donors (Lipinski definition) is 3. The number of carbonyl (C=O) groups excluding carboxylic acids is 1. The summed E-state index contributed by atoms with van der Waals surface area (Å²) >= 11 is 0. The van der Waals surface area contributed by atoms with E-state index in [0.29, 0.717) is 5.56 Å². The molecule has 4 N–H and O–H groups in total. The number of phenolic OH excluding ortho intramolecular Hbond substituents is 1. The molecule has 0 radical (unpaired) electrons. The third-order valence-electron chi connectivity index (χ3n) is 2.66. The Hall–Kier alpha value is -2.40. The number of carbonyl (C=O) groups is 1. The van der Waals surface area contributed by atoms with Gasteiger partial charge in [-0.3, -0.25) is 4.79 Å². The van der Waals surface area contributed by atoms with Crippen molar-refractivity contribution in [2.75, 3.05) is 5.32 Å². The van der Waals surface area contributed by atoms with Crippen LogP contribution in [0.25, 0.3) is 0 Å². The highest BCUT2D eigenvalue weighted by atomic mass is 19.1. The molecular weight excluding hydrogens is 247 g/mol. The van der Waals surface area contributed by atoms with Crippen LogP contribution in [0, 0.1) is 5.82 Å². The second-order valence-corrected chi connectivity index (χ2v) is 4.04. The number of hydrogen-bond acceptors (Lipinski definition) is 3. The average Bonchev–Trinajstić information content (AvgIpc) is 2.43. The third kappa shape index (κ3) is 3.08. The Labute approximate surface area is 109 Å². The van der Waals surface area contributed by atoms with Crippen LogP contribution in [0.15, 0.2) is 48.5 Å². The molecule has 2 rings (SSSR count). The molecule has 0 saturated carbocycles. The van der Waals surface area contributed by atoms with Crippen LogP contribution < -0.4 is 11.1 Å². The maximum absolute atomic E-state index is 13.0. The molecule has 5 heteroatoms. The van der Waals surface area contributed by atoms with Crippen LogP contribution in [-0.4, -0.2) is 11.0 Å². The largest absolute Gasteiger partial charge is 0.506 e. The van der Waals surface area contributed by atoms with Gasteiger partial charge in [-0.05, 0) is 17.7 Å². The van der Waals surface area contributed by atoms with Gasteiger partial charge in [0.15, 0.2) is 0 Å². The van der Waals surface area contributed by atoms with E-state index >= 15 is 0 Å². The Bertz CT molecular complexity index is 587. The van der Waals surface area contributed by atoms with E-state index in [9.17, 15) is 14.3 Å². The molecule has 0 spiro atoms. The fourth-order valence-electron chi connectivity index (χ4n) is 1.63. The smallest absolute Gasteiger partial charge is 0.245 e. The lowest BCUT2D eigenvalue weighted by Crippen LogP contribution is -2.27. The number of nitrogens with two attached hydrogens (primary N) is 1. The highest BCUT2D eigenvalue weighted by molar-refractivity contribution is 5.96. The first-order valence-corrected chi connectivity index (χ1v) is 5.68. The van der Waals surface area contributed by atoms with Crippen LogP contribution >= 0.6 is 0 Å². The summed E-state index contributed by atoms with van der Waals surface area (Å²) in [6, 6.07) is 11.2. The molecule has 19 heavy (non-hydrogen) atoms. The van der Waals surface area contributed by atoms with Crippen molar-refractivity contribution >= 4 is 11.6 Å². The Kier molecular flexibility index (Phi) is 3.77. The summed E-state index contributed by atoms with van der Waals surface area (Å²) in [7, 11) is 0. The Balaban J connectivity index is 2.15. The zero-order chi connectivity index (χ0) is 13.8. The number of amides is 1. The molecule has 1 unspecified atom stereocenters. The molecule has 0 aromatic heterocycles. The fourth-order valence-corrected chi connectivity index (χ4v) is 1.63. The number of aromatic hydroxyl groups is 1. The van der Waals surface area contributed by atoms with Gasteiger partial charge in [-0.1, -0.05) is 30.3 Å². The maximum Gasteiger partial charge on any atom is 0.245 e. The van der Waals surface area contributed by atoms with Crippen molar-refractivity contribution in [2.45, 2.75) is 6.04 Å². The number of benzene rings is 2. The summed E-state index contributed by atoms with van der Waals surface area (Å²) in [5, 5.41) is 11.9. The lowest BCUT2D eigenvalue weighted by Gasteiger charge is -2.13. The van der Waals surface area contributed by atoms with Gasteiger partial charge in [0.05, 0.1) is 5.69 Å². The van der Waals surface area contributed by atoms with E-state index in [4.69, 9.17) is 5.73 Å². The van der Waals surface area contributed by atoms with Crippen LogP contribution in [0.4, 0.5) is 10.1 Å². The molecule has 0 heterocycles. The number of halogens is 1. The van der Waals surface area contributed by atoms with E-state index in [2.05, 4.69) is 5.32 Å². The maximum atomic E-state index is 13.0. The zero-order valence-corrected chi connectivity index (χ0v) is 10.0. The predicted molar refractivity (Wildman–Crippen MR) is 70.1 cm³/mol. The highest BCUT2D eigenvalue weighted by Gasteiger charge is 2.17. The summed E-state index contributed by atoms with van der Waals surface area (Å²) in [4.78, 5) is 11.9. The minimum Gasteiger partial charge on any atom is -0.506 e. The lowest BCUT2D eigenvalue weighted by molar-refractivity contribution is -0.117. The van der Waals surface area contributed by atoms with Crippen LogP contribution in [0.1, 0.15) is 11.6 Å².